The summed E-state index contributed by atoms with van der Waals surface area (Å²) in [6.45, 7) is 0.808. The van der Waals surface area contributed by atoms with Gasteiger partial charge in [-0.1, -0.05) is 49.6 Å². The summed E-state index contributed by atoms with van der Waals surface area (Å²) < 4.78 is 0. The molecule has 3 heteroatoms. The zero-order valence-corrected chi connectivity index (χ0v) is 12.6. The highest BCUT2D eigenvalue weighted by atomic mass is 16.3. The lowest BCUT2D eigenvalue weighted by Crippen LogP contribution is -2.51. The lowest BCUT2D eigenvalue weighted by atomic mass is 9.63. The highest BCUT2D eigenvalue weighted by molar-refractivity contribution is 5.89. The molecule has 1 aromatic carbocycles. The first kappa shape index (κ1) is 14.6. The van der Waals surface area contributed by atoms with Crippen molar-refractivity contribution >= 4 is 5.91 Å². The van der Waals surface area contributed by atoms with Crippen LogP contribution in [0.1, 0.15) is 50.5 Å². The van der Waals surface area contributed by atoms with Gasteiger partial charge in [-0.05, 0) is 31.2 Å². The van der Waals surface area contributed by atoms with E-state index in [2.05, 4.69) is 17.4 Å². The van der Waals surface area contributed by atoms with Crippen LogP contribution in [0.25, 0.3) is 0 Å². The quantitative estimate of drug-likeness (QED) is 0.875. The van der Waals surface area contributed by atoms with Crippen LogP contribution in [0.3, 0.4) is 0 Å². The number of carbonyl (C=O) groups is 1. The third kappa shape index (κ3) is 2.59. The van der Waals surface area contributed by atoms with Crippen LogP contribution in [0.15, 0.2) is 30.3 Å². The largest absolute Gasteiger partial charge is 0.396 e. The summed E-state index contributed by atoms with van der Waals surface area (Å²) in [6, 6.07) is 10.1. The van der Waals surface area contributed by atoms with Gasteiger partial charge in [0.05, 0.1) is 12.0 Å². The molecule has 3 rings (SSSR count). The van der Waals surface area contributed by atoms with E-state index in [1.807, 2.05) is 18.2 Å². The normalized spacial score (nSPS) is 22.5. The van der Waals surface area contributed by atoms with E-state index in [1.165, 1.54) is 12.8 Å². The van der Waals surface area contributed by atoms with Crippen molar-refractivity contribution in [2.45, 2.75) is 50.4 Å². The molecule has 3 nitrogen and oxygen atoms in total. The van der Waals surface area contributed by atoms with Gasteiger partial charge in [-0.2, -0.15) is 0 Å². The third-order valence-corrected chi connectivity index (χ3v) is 5.59. The molecule has 21 heavy (non-hydrogen) atoms. The fraction of sp³-hybridized carbons (Fsp3) is 0.611. The van der Waals surface area contributed by atoms with Crippen LogP contribution in [0.4, 0.5) is 0 Å². The molecule has 2 fully saturated rings. The molecular weight excluding hydrogens is 262 g/mol. The van der Waals surface area contributed by atoms with Crippen molar-refractivity contribution in [1.29, 1.82) is 0 Å². The molecule has 1 amide bonds. The lowest BCUT2D eigenvalue weighted by Gasteiger charge is -2.41. The van der Waals surface area contributed by atoms with E-state index in [9.17, 15) is 9.90 Å². The predicted octanol–water partition coefficient (Wildman–Crippen LogP) is 2.78. The summed E-state index contributed by atoms with van der Waals surface area (Å²) in [6.07, 6.45) is 7.39. The number of carbonyl (C=O) groups excluding carboxylic acids is 1. The Balaban J connectivity index is 1.69. The lowest BCUT2D eigenvalue weighted by molar-refractivity contribution is -0.130. The zero-order chi connectivity index (χ0) is 14.8. The fourth-order valence-corrected chi connectivity index (χ4v) is 3.89. The molecule has 0 aromatic heterocycles. The Morgan fingerprint density at radius 3 is 2.24 bits per heavy atom. The van der Waals surface area contributed by atoms with E-state index in [1.54, 1.807) is 0 Å². The molecule has 0 heterocycles. The number of nitrogens with one attached hydrogen (secondary N) is 1. The number of aliphatic hydroxyl groups excluding tert-OH is 1. The van der Waals surface area contributed by atoms with Crippen molar-refractivity contribution in [3.63, 3.8) is 0 Å². The van der Waals surface area contributed by atoms with Crippen LogP contribution >= 0.6 is 0 Å². The first-order valence-corrected chi connectivity index (χ1v) is 8.16. The van der Waals surface area contributed by atoms with Crippen molar-refractivity contribution in [1.82, 2.24) is 5.32 Å². The maximum Gasteiger partial charge on any atom is 0.230 e. The fourth-order valence-electron chi connectivity index (χ4n) is 3.89. The summed E-state index contributed by atoms with van der Waals surface area (Å²) in [5.74, 6) is 0.152. The zero-order valence-electron chi connectivity index (χ0n) is 12.6. The molecule has 0 spiro atoms. The van der Waals surface area contributed by atoms with Gasteiger partial charge >= 0.3 is 0 Å². The maximum atomic E-state index is 12.8. The summed E-state index contributed by atoms with van der Waals surface area (Å²) in [5, 5.41) is 12.8. The molecule has 2 aliphatic rings. The van der Waals surface area contributed by atoms with Crippen molar-refractivity contribution in [2.24, 2.45) is 5.41 Å². The molecule has 0 saturated heterocycles. The van der Waals surface area contributed by atoms with Crippen LogP contribution in [0, 0.1) is 5.41 Å². The van der Waals surface area contributed by atoms with Crippen LogP contribution in [-0.2, 0) is 10.2 Å². The topological polar surface area (TPSA) is 49.3 Å². The Kier molecular flexibility index (Phi) is 4.03. The van der Waals surface area contributed by atoms with E-state index in [0.29, 0.717) is 6.54 Å². The molecule has 0 atom stereocenters. The van der Waals surface area contributed by atoms with Gasteiger partial charge < -0.3 is 10.4 Å². The molecule has 2 N–H and O–H groups in total. The standard InChI is InChI=1S/C18H25NO2/c20-14-17(9-4-5-10-17)13-19-16(21)18(11-6-12-18)15-7-2-1-3-8-15/h1-3,7-8,20H,4-6,9-14H2,(H,19,21). The molecule has 2 aliphatic carbocycles. The van der Waals surface area contributed by atoms with E-state index in [-0.39, 0.29) is 23.3 Å². The van der Waals surface area contributed by atoms with Crippen LogP contribution in [-0.4, -0.2) is 24.2 Å². The SMILES string of the molecule is O=C(NCC1(CO)CCCC1)C1(c2ccccc2)CCC1. The van der Waals surface area contributed by atoms with Crippen molar-refractivity contribution in [3.8, 4) is 0 Å². The van der Waals surface area contributed by atoms with E-state index in [4.69, 9.17) is 0 Å². The number of hydrogen-bond acceptors (Lipinski definition) is 2. The molecule has 2 saturated carbocycles. The van der Waals surface area contributed by atoms with Crippen molar-refractivity contribution in [2.75, 3.05) is 13.2 Å². The van der Waals surface area contributed by atoms with Gasteiger partial charge in [0.15, 0.2) is 0 Å². The third-order valence-electron chi connectivity index (χ3n) is 5.59. The number of aliphatic hydroxyl groups is 1. The van der Waals surface area contributed by atoms with Crippen LogP contribution < -0.4 is 5.32 Å². The monoisotopic (exact) mass is 287 g/mol. The Morgan fingerprint density at radius 2 is 1.71 bits per heavy atom. The van der Waals surface area contributed by atoms with Gasteiger partial charge in [0.25, 0.3) is 0 Å². The minimum Gasteiger partial charge on any atom is -0.396 e. The van der Waals surface area contributed by atoms with E-state index < -0.39 is 0 Å². The Labute approximate surface area is 126 Å². The van der Waals surface area contributed by atoms with Crippen molar-refractivity contribution in [3.05, 3.63) is 35.9 Å². The summed E-state index contributed by atoms with van der Waals surface area (Å²) in [7, 11) is 0. The van der Waals surface area contributed by atoms with Gasteiger partial charge in [0.2, 0.25) is 5.91 Å². The minimum atomic E-state index is -0.323. The molecular formula is C18H25NO2. The number of amides is 1. The Morgan fingerprint density at radius 1 is 1.05 bits per heavy atom. The summed E-state index contributed by atoms with van der Waals surface area (Å²) in [4.78, 5) is 12.8. The highest BCUT2D eigenvalue weighted by Crippen LogP contribution is 2.44. The van der Waals surface area contributed by atoms with Crippen LogP contribution in [0.5, 0.6) is 0 Å². The number of rotatable bonds is 5. The van der Waals surface area contributed by atoms with Crippen molar-refractivity contribution < 1.29 is 9.90 Å². The molecule has 0 radical (unpaired) electrons. The second-order valence-corrected chi connectivity index (χ2v) is 6.85. The number of benzene rings is 1. The Bertz CT molecular complexity index is 487. The van der Waals surface area contributed by atoms with Gasteiger partial charge in [-0.3, -0.25) is 4.79 Å². The molecule has 114 valence electrons. The average Bonchev–Trinajstić information content (AvgIpc) is 2.95. The first-order chi connectivity index (χ1) is 10.2. The second-order valence-electron chi connectivity index (χ2n) is 6.85. The summed E-state index contributed by atoms with van der Waals surface area (Å²) >= 11 is 0. The maximum absolute atomic E-state index is 12.8. The molecule has 0 bridgehead atoms. The van der Waals surface area contributed by atoms with Gasteiger partial charge in [-0.25, -0.2) is 0 Å². The van der Waals surface area contributed by atoms with Gasteiger partial charge in [0.1, 0.15) is 0 Å². The molecule has 1 aromatic rings. The van der Waals surface area contributed by atoms with Gasteiger partial charge in [-0.15, -0.1) is 0 Å². The van der Waals surface area contributed by atoms with E-state index >= 15 is 0 Å². The second kappa shape index (κ2) is 5.80. The molecule has 0 unspecified atom stereocenters. The van der Waals surface area contributed by atoms with E-state index in [0.717, 1.165) is 37.7 Å². The highest BCUT2D eigenvalue weighted by Gasteiger charge is 2.46. The number of hydrogen-bond donors (Lipinski definition) is 2. The average molecular weight is 287 g/mol. The van der Waals surface area contributed by atoms with Gasteiger partial charge in [0, 0.05) is 12.0 Å². The molecule has 0 aliphatic heterocycles. The smallest absolute Gasteiger partial charge is 0.230 e. The van der Waals surface area contributed by atoms with Crippen LogP contribution in [0.2, 0.25) is 0 Å². The first-order valence-electron chi connectivity index (χ1n) is 8.16. The summed E-state index contributed by atoms with van der Waals surface area (Å²) in [5.41, 5.74) is 0.742. The Hall–Kier alpha value is -1.35. The minimum absolute atomic E-state index is 0.0721. The predicted molar refractivity (Wildman–Crippen MR) is 83.0 cm³/mol.